The molecule has 0 unspecified atom stereocenters. The fourth-order valence-corrected chi connectivity index (χ4v) is 6.04. The third-order valence-electron chi connectivity index (χ3n) is 6.82. The molecule has 176 valence electrons. The first-order chi connectivity index (χ1) is 16.2. The summed E-state index contributed by atoms with van der Waals surface area (Å²) in [5.74, 6) is 1.23. The predicted molar refractivity (Wildman–Crippen MR) is 142 cm³/mol. The molecule has 1 aromatic carbocycles. The van der Waals surface area contributed by atoms with E-state index in [1.54, 1.807) is 23.4 Å². The molecule has 0 radical (unpaired) electrons. The van der Waals surface area contributed by atoms with Crippen molar-refractivity contribution in [1.29, 1.82) is 5.26 Å². The first-order valence-electron chi connectivity index (χ1n) is 11.4. The molecule has 0 N–H and O–H groups in total. The summed E-state index contributed by atoms with van der Waals surface area (Å²) in [6.45, 7) is 7.64. The van der Waals surface area contributed by atoms with E-state index >= 15 is 0 Å². The van der Waals surface area contributed by atoms with Gasteiger partial charge in [-0.1, -0.05) is 61.2 Å². The van der Waals surface area contributed by atoms with E-state index in [1.807, 2.05) is 43.3 Å². The second kappa shape index (κ2) is 9.77. The fourth-order valence-electron chi connectivity index (χ4n) is 4.64. The molecular weight excluding hydrogens is 464 g/mol. The molecule has 0 saturated carbocycles. The van der Waals surface area contributed by atoms with Gasteiger partial charge in [-0.3, -0.25) is 19.1 Å². The monoisotopic (exact) mass is 492 g/mol. The standard InChI is InChI=1S/C26H28N4O2S2/c1-16-10-12-29(13-11-16)23-20(17(2)21(15-27)24(31)28(23)4)14-22-25(32)30(26(33)34-22)18(3)19-8-6-5-7-9-19/h5-9,14,16,18H,10-13H2,1-4H3/b22-14-/t18-/m1/s1. The molecule has 3 heterocycles. The van der Waals surface area contributed by atoms with Crippen LogP contribution in [-0.2, 0) is 11.8 Å². The van der Waals surface area contributed by atoms with Crippen LogP contribution in [0.1, 0.15) is 55.0 Å². The maximum atomic E-state index is 13.5. The fraction of sp³-hybridized carbons (Fsp3) is 0.385. The van der Waals surface area contributed by atoms with Crippen LogP contribution in [0.3, 0.4) is 0 Å². The van der Waals surface area contributed by atoms with E-state index in [-0.39, 0.29) is 23.1 Å². The van der Waals surface area contributed by atoms with Gasteiger partial charge in [-0.05, 0) is 49.8 Å². The van der Waals surface area contributed by atoms with Crippen molar-refractivity contribution >= 4 is 46.1 Å². The number of thioether (sulfide) groups is 1. The number of amides is 1. The Hall–Kier alpha value is -2.89. The number of pyridine rings is 1. The lowest BCUT2D eigenvalue weighted by atomic mass is 9.97. The van der Waals surface area contributed by atoms with Crippen molar-refractivity contribution in [3.05, 3.63) is 67.8 Å². The van der Waals surface area contributed by atoms with Crippen LogP contribution in [0.15, 0.2) is 40.0 Å². The van der Waals surface area contributed by atoms with Gasteiger partial charge in [-0.2, -0.15) is 5.26 Å². The van der Waals surface area contributed by atoms with Crippen molar-refractivity contribution in [3.63, 3.8) is 0 Å². The minimum atomic E-state index is -0.309. The van der Waals surface area contributed by atoms with E-state index in [9.17, 15) is 14.9 Å². The predicted octanol–water partition coefficient (Wildman–Crippen LogP) is 4.76. The maximum Gasteiger partial charge on any atom is 0.270 e. The van der Waals surface area contributed by atoms with Crippen LogP contribution in [0.2, 0.25) is 0 Å². The Labute approximate surface area is 209 Å². The second-order valence-corrected chi connectivity index (χ2v) is 10.7. The summed E-state index contributed by atoms with van der Waals surface area (Å²) < 4.78 is 2.06. The van der Waals surface area contributed by atoms with Gasteiger partial charge in [0, 0.05) is 25.7 Å². The van der Waals surface area contributed by atoms with Crippen LogP contribution in [-0.4, -0.2) is 32.8 Å². The summed E-state index contributed by atoms with van der Waals surface area (Å²) in [4.78, 5) is 30.8. The molecule has 1 atom stereocenters. The maximum absolute atomic E-state index is 13.5. The number of rotatable bonds is 4. The first-order valence-corrected chi connectivity index (χ1v) is 12.7. The molecule has 2 saturated heterocycles. The van der Waals surface area contributed by atoms with Gasteiger partial charge in [0.15, 0.2) is 0 Å². The van der Waals surface area contributed by atoms with E-state index in [0.717, 1.165) is 42.9 Å². The summed E-state index contributed by atoms with van der Waals surface area (Å²) >= 11 is 6.86. The number of aromatic nitrogens is 1. The molecule has 1 aromatic heterocycles. The minimum Gasteiger partial charge on any atom is -0.357 e. The Morgan fingerprint density at radius 1 is 1.21 bits per heavy atom. The van der Waals surface area contributed by atoms with E-state index in [2.05, 4.69) is 17.9 Å². The Balaban J connectivity index is 1.80. The third-order valence-corrected chi connectivity index (χ3v) is 8.15. The average Bonchev–Trinajstić information content (AvgIpc) is 3.11. The third kappa shape index (κ3) is 4.30. The summed E-state index contributed by atoms with van der Waals surface area (Å²) in [5, 5.41) is 9.68. The molecule has 6 nitrogen and oxygen atoms in total. The molecule has 2 fully saturated rings. The normalized spacial score (nSPS) is 19.1. The van der Waals surface area contributed by atoms with Crippen molar-refractivity contribution in [3.8, 4) is 6.07 Å². The molecule has 34 heavy (non-hydrogen) atoms. The van der Waals surface area contributed by atoms with Crippen molar-refractivity contribution in [2.24, 2.45) is 13.0 Å². The number of thiocarbonyl (C=S) groups is 1. The Kier molecular flexibility index (Phi) is 6.96. The zero-order valence-corrected chi connectivity index (χ0v) is 21.5. The number of anilines is 1. The highest BCUT2D eigenvalue weighted by Crippen LogP contribution is 2.40. The highest BCUT2D eigenvalue weighted by molar-refractivity contribution is 8.26. The number of carbonyl (C=O) groups excluding carboxylic acids is 1. The summed E-state index contributed by atoms with van der Waals surface area (Å²) in [6.07, 6.45) is 3.88. The van der Waals surface area contributed by atoms with Crippen molar-refractivity contribution < 1.29 is 4.79 Å². The number of hydrogen-bond acceptors (Lipinski definition) is 6. The SMILES string of the molecule is Cc1c(/C=C2\SC(=S)N([C@H](C)c3ccccc3)C2=O)c(N2CCC(C)CC2)n(C)c(=O)c1C#N. The van der Waals surface area contributed by atoms with E-state index < -0.39 is 0 Å². The largest absolute Gasteiger partial charge is 0.357 e. The molecule has 0 aliphatic carbocycles. The average molecular weight is 493 g/mol. The topological polar surface area (TPSA) is 69.3 Å². The van der Waals surface area contributed by atoms with Crippen LogP contribution < -0.4 is 10.5 Å². The van der Waals surface area contributed by atoms with Crippen LogP contribution >= 0.6 is 24.0 Å². The summed E-state index contributed by atoms with van der Waals surface area (Å²) in [7, 11) is 1.70. The van der Waals surface area contributed by atoms with Crippen molar-refractivity contribution in [1.82, 2.24) is 9.47 Å². The second-order valence-electron chi connectivity index (χ2n) is 9.02. The van der Waals surface area contributed by atoms with Crippen LogP contribution in [0, 0.1) is 24.2 Å². The van der Waals surface area contributed by atoms with Crippen molar-refractivity contribution in [2.45, 2.75) is 39.7 Å². The molecule has 4 rings (SSSR count). The molecule has 8 heteroatoms. The Bertz CT molecular complexity index is 1270. The van der Waals surface area contributed by atoms with Crippen LogP contribution in [0.25, 0.3) is 6.08 Å². The lowest BCUT2D eigenvalue weighted by Crippen LogP contribution is -2.38. The van der Waals surface area contributed by atoms with Gasteiger partial charge < -0.3 is 4.90 Å². The molecule has 1 amide bonds. The van der Waals surface area contributed by atoms with E-state index in [1.165, 1.54) is 11.8 Å². The van der Waals surface area contributed by atoms with Gasteiger partial charge in [0.1, 0.15) is 21.8 Å². The van der Waals surface area contributed by atoms with Gasteiger partial charge in [-0.25, -0.2) is 0 Å². The number of benzene rings is 1. The van der Waals surface area contributed by atoms with Crippen LogP contribution in [0.4, 0.5) is 5.82 Å². The summed E-state index contributed by atoms with van der Waals surface area (Å²) in [5.41, 5.74) is 2.14. The zero-order chi connectivity index (χ0) is 24.6. The lowest BCUT2D eigenvalue weighted by Gasteiger charge is -2.34. The molecule has 0 bridgehead atoms. The molecule has 2 aliphatic heterocycles. The van der Waals surface area contributed by atoms with Crippen LogP contribution in [0.5, 0.6) is 0 Å². The smallest absolute Gasteiger partial charge is 0.270 e. The van der Waals surface area contributed by atoms with Gasteiger partial charge in [0.25, 0.3) is 11.5 Å². The number of nitriles is 1. The number of carbonyl (C=O) groups is 1. The number of hydrogen-bond donors (Lipinski definition) is 0. The number of piperidine rings is 1. The highest BCUT2D eigenvalue weighted by atomic mass is 32.2. The van der Waals surface area contributed by atoms with Gasteiger partial charge in [0.2, 0.25) is 0 Å². The van der Waals surface area contributed by atoms with Crippen molar-refractivity contribution in [2.75, 3.05) is 18.0 Å². The van der Waals surface area contributed by atoms with Gasteiger partial charge in [0.05, 0.1) is 10.9 Å². The minimum absolute atomic E-state index is 0.107. The number of nitrogens with zero attached hydrogens (tertiary/aromatic N) is 4. The lowest BCUT2D eigenvalue weighted by molar-refractivity contribution is -0.123. The van der Waals surface area contributed by atoms with E-state index in [0.29, 0.717) is 20.7 Å². The molecule has 0 spiro atoms. The quantitative estimate of drug-likeness (QED) is 0.453. The van der Waals surface area contributed by atoms with E-state index in [4.69, 9.17) is 12.2 Å². The van der Waals surface area contributed by atoms with Gasteiger partial charge in [-0.15, -0.1) is 0 Å². The summed E-state index contributed by atoms with van der Waals surface area (Å²) in [6, 6.07) is 11.7. The molecule has 2 aliphatic rings. The highest BCUT2D eigenvalue weighted by Gasteiger charge is 2.36. The molecule has 2 aromatic rings. The first kappa shape index (κ1) is 24.2. The van der Waals surface area contributed by atoms with Gasteiger partial charge >= 0.3 is 0 Å². The Morgan fingerprint density at radius 2 is 1.85 bits per heavy atom. The Morgan fingerprint density at radius 3 is 2.47 bits per heavy atom. The molecular formula is C26H28N4O2S2. The zero-order valence-electron chi connectivity index (χ0n) is 19.9.